The molecular weight excluding hydrogens is 158 g/mol. The molecule has 0 saturated heterocycles. The van der Waals surface area contributed by atoms with Gasteiger partial charge in [0.1, 0.15) is 0 Å². The van der Waals surface area contributed by atoms with Crippen LogP contribution in [0.15, 0.2) is 4.99 Å². The molecule has 0 aromatic carbocycles. The van der Waals surface area contributed by atoms with E-state index in [2.05, 4.69) is 10.3 Å². The van der Waals surface area contributed by atoms with Crippen LogP contribution in [0.4, 0.5) is 0 Å². The van der Waals surface area contributed by atoms with Crippen molar-refractivity contribution >= 4 is 23.7 Å². The number of nitrogens with zero attached hydrogens (tertiary/aromatic N) is 2. The van der Waals surface area contributed by atoms with Gasteiger partial charge in [-0.2, -0.15) is 0 Å². The van der Waals surface area contributed by atoms with Gasteiger partial charge < -0.3 is 10.2 Å². The highest BCUT2D eigenvalue weighted by Gasteiger charge is 1.81. The van der Waals surface area contributed by atoms with Gasteiger partial charge in [-0.05, 0) is 12.2 Å². The van der Waals surface area contributed by atoms with Crippen molar-refractivity contribution in [2.24, 2.45) is 4.99 Å². The molecule has 66 valence electrons. The molecule has 0 aromatic rings. The predicted molar refractivity (Wildman–Crippen MR) is 55.2 cm³/mol. The van der Waals surface area contributed by atoms with Crippen molar-refractivity contribution in [1.29, 1.82) is 0 Å². The molecule has 0 heterocycles. The highest BCUT2D eigenvalue weighted by Crippen LogP contribution is 1.71. The van der Waals surface area contributed by atoms with Crippen LogP contribution in [0.5, 0.6) is 0 Å². The summed E-state index contributed by atoms with van der Waals surface area (Å²) in [4.78, 5) is 5.69. The minimum Gasteiger partial charge on any atom is -0.369 e. The second kappa shape index (κ2) is 9.36. The van der Waals surface area contributed by atoms with Crippen molar-refractivity contribution in [2.45, 2.75) is 13.8 Å². The molecule has 0 radical (unpaired) electrons. The van der Waals surface area contributed by atoms with Gasteiger partial charge in [-0.25, -0.2) is 4.99 Å². The molecule has 11 heavy (non-hydrogen) atoms. The molecule has 0 saturated carbocycles. The van der Waals surface area contributed by atoms with Crippen LogP contribution in [0, 0.1) is 0 Å². The maximum absolute atomic E-state index is 4.74. The van der Waals surface area contributed by atoms with Gasteiger partial charge in [0.15, 0.2) is 5.11 Å². The van der Waals surface area contributed by atoms with Crippen molar-refractivity contribution < 1.29 is 0 Å². The first-order valence-electron chi connectivity index (χ1n) is 3.59. The van der Waals surface area contributed by atoms with Crippen LogP contribution >= 0.6 is 12.2 Å². The van der Waals surface area contributed by atoms with Gasteiger partial charge in [-0.1, -0.05) is 13.8 Å². The second-order valence-electron chi connectivity index (χ2n) is 1.76. The molecule has 3 nitrogen and oxygen atoms in total. The Labute approximate surface area is 74.5 Å². The number of hydrogen-bond acceptors (Lipinski definition) is 1. The van der Waals surface area contributed by atoms with Crippen molar-refractivity contribution in [1.82, 2.24) is 10.2 Å². The Bertz CT molecular complexity index is 121. The molecule has 0 rings (SSSR count). The maximum atomic E-state index is 4.74. The van der Waals surface area contributed by atoms with Crippen molar-refractivity contribution in [3.63, 3.8) is 0 Å². The van der Waals surface area contributed by atoms with E-state index >= 15 is 0 Å². The third-order valence-electron chi connectivity index (χ3n) is 0.620. The first kappa shape index (κ1) is 13.0. The standard InChI is InChI=1S/C5H11N3S.C2H6/c1-6-5(9)7-4-8(2)3;1-2/h4H,1-3H3,(H,6,9);1-2H3/b7-4+;. The zero-order chi connectivity index (χ0) is 9.28. The molecular formula is C7H17N3S. The van der Waals surface area contributed by atoms with Gasteiger partial charge in [-0.3, -0.25) is 0 Å². The van der Waals surface area contributed by atoms with Crippen molar-refractivity contribution in [3.05, 3.63) is 0 Å². The van der Waals surface area contributed by atoms with Crippen LogP contribution in [0.25, 0.3) is 0 Å². The smallest absolute Gasteiger partial charge is 0.193 e. The molecule has 0 aliphatic carbocycles. The Hall–Kier alpha value is -0.640. The summed E-state index contributed by atoms with van der Waals surface area (Å²) in [6.45, 7) is 4.00. The topological polar surface area (TPSA) is 27.6 Å². The van der Waals surface area contributed by atoms with Gasteiger partial charge in [0.05, 0.1) is 6.34 Å². The summed E-state index contributed by atoms with van der Waals surface area (Å²) < 4.78 is 0. The monoisotopic (exact) mass is 175 g/mol. The summed E-state index contributed by atoms with van der Waals surface area (Å²) in [5.41, 5.74) is 0. The fourth-order valence-electron chi connectivity index (χ4n) is 0.232. The molecule has 0 aliphatic heterocycles. The van der Waals surface area contributed by atoms with E-state index in [9.17, 15) is 0 Å². The average Bonchev–Trinajstić information content (AvgIpc) is 2.04. The van der Waals surface area contributed by atoms with E-state index in [1.807, 2.05) is 32.8 Å². The quantitative estimate of drug-likeness (QED) is 0.367. The van der Waals surface area contributed by atoms with Gasteiger partial charge in [0.2, 0.25) is 0 Å². The zero-order valence-electron chi connectivity index (χ0n) is 7.88. The van der Waals surface area contributed by atoms with Gasteiger partial charge in [0, 0.05) is 21.1 Å². The Morgan fingerprint density at radius 3 is 2.18 bits per heavy atom. The third kappa shape index (κ3) is 12.5. The third-order valence-corrected chi connectivity index (χ3v) is 0.929. The summed E-state index contributed by atoms with van der Waals surface area (Å²) in [5.74, 6) is 0. The second-order valence-corrected chi connectivity index (χ2v) is 2.15. The molecule has 4 heteroatoms. The largest absolute Gasteiger partial charge is 0.369 e. The predicted octanol–water partition coefficient (Wildman–Crippen LogP) is 1.11. The van der Waals surface area contributed by atoms with E-state index in [0.717, 1.165) is 0 Å². The van der Waals surface area contributed by atoms with Gasteiger partial charge in [0.25, 0.3) is 0 Å². The number of nitrogens with one attached hydrogen (secondary N) is 1. The molecule has 0 aromatic heterocycles. The molecule has 0 aliphatic rings. The first-order chi connectivity index (χ1) is 5.16. The number of thiocarbonyl (C=S) groups is 1. The highest BCUT2D eigenvalue weighted by atomic mass is 32.1. The van der Waals surface area contributed by atoms with Crippen LogP contribution in [-0.2, 0) is 0 Å². The Balaban J connectivity index is 0. The Morgan fingerprint density at radius 2 is 1.91 bits per heavy atom. The summed E-state index contributed by atoms with van der Waals surface area (Å²) in [6, 6.07) is 0. The summed E-state index contributed by atoms with van der Waals surface area (Å²) >= 11 is 4.74. The average molecular weight is 175 g/mol. The minimum absolute atomic E-state index is 0.503. The molecule has 1 N–H and O–H groups in total. The lowest BCUT2D eigenvalue weighted by Crippen LogP contribution is -2.16. The van der Waals surface area contributed by atoms with Gasteiger partial charge >= 0.3 is 0 Å². The van der Waals surface area contributed by atoms with Crippen LogP contribution < -0.4 is 5.32 Å². The SMILES string of the molecule is CC.CNC(=S)/N=C/N(C)C. The lowest BCUT2D eigenvalue weighted by molar-refractivity contribution is 0.644. The van der Waals surface area contributed by atoms with E-state index in [0.29, 0.717) is 5.11 Å². The van der Waals surface area contributed by atoms with E-state index < -0.39 is 0 Å². The fourth-order valence-corrected chi connectivity index (χ4v) is 0.280. The van der Waals surface area contributed by atoms with E-state index in [4.69, 9.17) is 12.2 Å². The molecule has 0 amide bonds. The summed E-state index contributed by atoms with van der Waals surface area (Å²) in [7, 11) is 5.53. The highest BCUT2D eigenvalue weighted by molar-refractivity contribution is 7.80. The number of aliphatic imine (C=N–C) groups is 1. The summed E-state index contributed by atoms with van der Waals surface area (Å²) in [5, 5.41) is 3.23. The lowest BCUT2D eigenvalue weighted by atomic mass is 10.9. The van der Waals surface area contributed by atoms with Crippen molar-refractivity contribution in [2.75, 3.05) is 21.1 Å². The van der Waals surface area contributed by atoms with Crippen molar-refractivity contribution in [3.8, 4) is 0 Å². The van der Waals surface area contributed by atoms with Gasteiger partial charge in [-0.15, -0.1) is 0 Å². The maximum Gasteiger partial charge on any atom is 0.193 e. The molecule has 0 fully saturated rings. The lowest BCUT2D eigenvalue weighted by Gasteiger charge is -2.01. The molecule has 0 atom stereocenters. The normalized spacial score (nSPS) is 8.45. The fraction of sp³-hybridized carbons (Fsp3) is 0.714. The van der Waals surface area contributed by atoms with E-state index in [1.165, 1.54) is 0 Å². The summed E-state index contributed by atoms with van der Waals surface area (Å²) in [6.07, 6.45) is 1.65. The zero-order valence-corrected chi connectivity index (χ0v) is 8.70. The minimum atomic E-state index is 0.503. The van der Waals surface area contributed by atoms with E-state index in [-0.39, 0.29) is 0 Å². The number of hydrogen-bond donors (Lipinski definition) is 1. The van der Waals surface area contributed by atoms with E-state index in [1.54, 1.807) is 13.4 Å². The molecule has 0 bridgehead atoms. The Kier molecular flexibility index (Phi) is 11.1. The van der Waals surface area contributed by atoms with Crippen LogP contribution in [0.2, 0.25) is 0 Å². The Morgan fingerprint density at radius 1 is 1.45 bits per heavy atom. The van der Waals surface area contributed by atoms with Crippen LogP contribution in [-0.4, -0.2) is 37.5 Å². The number of rotatable bonds is 1. The molecule has 0 spiro atoms. The van der Waals surface area contributed by atoms with Crippen LogP contribution in [0.3, 0.4) is 0 Å². The molecule has 0 unspecified atom stereocenters. The van der Waals surface area contributed by atoms with Crippen LogP contribution in [0.1, 0.15) is 13.8 Å². The first-order valence-corrected chi connectivity index (χ1v) is 4.00.